The molecular weight excluding hydrogens is 300 g/mol. The maximum absolute atomic E-state index is 12.0. The number of nitrogens with zero attached hydrogens (tertiary/aromatic N) is 2. The van der Waals surface area contributed by atoms with Gasteiger partial charge in [-0.15, -0.1) is 0 Å². The van der Waals surface area contributed by atoms with Crippen LogP contribution in [0.3, 0.4) is 0 Å². The van der Waals surface area contributed by atoms with Crippen molar-refractivity contribution in [2.24, 2.45) is 4.99 Å². The average molecular weight is 317 g/mol. The fourth-order valence-corrected chi connectivity index (χ4v) is 2.48. The van der Waals surface area contributed by atoms with E-state index in [1.807, 2.05) is 42.5 Å². The quantitative estimate of drug-likeness (QED) is 0.879. The maximum atomic E-state index is 12.0. The molecule has 0 fully saturated rings. The summed E-state index contributed by atoms with van der Waals surface area (Å²) in [7, 11) is 2.76. The van der Waals surface area contributed by atoms with Crippen molar-refractivity contribution < 1.29 is 9.90 Å². The smallest absolute Gasteiger partial charge is 0.248 e. The summed E-state index contributed by atoms with van der Waals surface area (Å²) in [4.78, 5) is 18.1. The predicted molar refractivity (Wildman–Crippen MR) is 90.0 cm³/mol. The number of halogens is 1. The first-order valence-electron chi connectivity index (χ1n) is 6.78. The lowest BCUT2D eigenvalue weighted by molar-refractivity contribution is -0.116. The molecule has 1 aliphatic heterocycles. The van der Waals surface area contributed by atoms with Crippen LogP contribution in [0.4, 0.5) is 5.69 Å². The number of anilines is 1. The summed E-state index contributed by atoms with van der Waals surface area (Å²) >= 11 is 6.11. The van der Waals surface area contributed by atoms with Gasteiger partial charge in [0.15, 0.2) is 0 Å². The van der Waals surface area contributed by atoms with Gasteiger partial charge in [0.2, 0.25) is 5.91 Å². The molecule has 0 aromatic heterocycles. The minimum Gasteiger partial charge on any atom is -0.400 e. The van der Waals surface area contributed by atoms with Crippen LogP contribution in [-0.4, -0.2) is 37.4 Å². The number of hydrogen-bond acceptors (Lipinski definition) is 3. The highest BCUT2D eigenvalue weighted by molar-refractivity contribution is 6.32. The number of likely N-dealkylation sites (N-methyl/N-ethyl adjacent to an activating group) is 1. The SMILES string of the molecule is CN1C(=O)CN=C(c2ccccc2)c2cc(Cl)ccc21.CO. The molecule has 0 atom stereocenters. The molecule has 1 aliphatic rings. The van der Waals surface area contributed by atoms with Gasteiger partial charge < -0.3 is 10.0 Å². The number of fused-ring (bicyclic) bond motifs is 1. The molecule has 22 heavy (non-hydrogen) atoms. The maximum Gasteiger partial charge on any atom is 0.248 e. The number of amides is 1. The topological polar surface area (TPSA) is 52.9 Å². The van der Waals surface area contributed by atoms with Gasteiger partial charge in [-0.25, -0.2) is 0 Å². The minimum absolute atomic E-state index is 0.0282. The van der Waals surface area contributed by atoms with Gasteiger partial charge >= 0.3 is 0 Å². The van der Waals surface area contributed by atoms with E-state index in [4.69, 9.17) is 16.7 Å². The van der Waals surface area contributed by atoms with E-state index in [1.165, 1.54) is 0 Å². The van der Waals surface area contributed by atoms with Crippen LogP contribution in [0.25, 0.3) is 0 Å². The molecule has 0 bridgehead atoms. The zero-order valence-electron chi connectivity index (χ0n) is 12.5. The highest BCUT2D eigenvalue weighted by Gasteiger charge is 2.22. The van der Waals surface area contributed by atoms with E-state index in [-0.39, 0.29) is 12.5 Å². The van der Waals surface area contributed by atoms with Gasteiger partial charge in [0.05, 0.1) is 11.4 Å². The Morgan fingerprint density at radius 1 is 1.14 bits per heavy atom. The molecule has 0 aliphatic carbocycles. The third-order valence-electron chi connectivity index (χ3n) is 3.37. The number of aliphatic imine (C=N–C) groups is 1. The van der Waals surface area contributed by atoms with Crippen molar-refractivity contribution in [2.45, 2.75) is 0 Å². The Labute approximate surface area is 134 Å². The number of carbonyl (C=O) groups is 1. The van der Waals surface area contributed by atoms with Crippen LogP contribution in [0.15, 0.2) is 53.5 Å². The molecule has 0 unspecified atom stereocenters. The van der Waals surface area contributed by atoms with Crippen molar-refractivity contribution in [1.29, 1.82) is 0 Å². The summed E-state index contributed by atoms with van der Waals surface area (Å²) in [5.41, 5.74) is 3.51. The van der Waals surface area contributed by atoms with Gasteiger partial charge in [0.25, 0.3) is 0 Å². The van der Waals surface area contributed by atoms with Crippen molar-refractivity contribution in [1.82, 2.24) is 0 Å². The minimum atomic E-state index is -0.0282. The summed E-state index contributed by atoms with van der Waals surface area (Å²) < 4.78 is 0. The van der Waals surface area contributed by atoms with Crippen molar-refractivity contribution in [2.75, 3.05) is 25.6 Å². The Bertz CT molecular complexity index is 699. The third kappa shape index (κ3) is 3.18. The van der Waals surface area contributed by atoms with E-state index in [0.717, 1.165) is 29.6 Å². The lowest BCUT2D eigenvalue weighted by atomic mass is 10.0. The van der Waals surface area contributed by atoms with E-state index in [1.54, 1.807) is 18.0 Å². The first kappa shape index (κ1) is 16.2. The Balaban J connectivity index is 0.000000847. The lowest BCUT2D eigenvalue weighted by Crippen LogP contribution is -2.27. The van der Waals surface area contributed by atoms with Crippen LogP contribution >= 0.6 is 11.6 Å². The van der Waals surface area contributed by atoms with Crippen LogP contribution in [-0.2, 0) is 4.79 Å². The molecule has 1 heterocycles. The number of benzene rings is 2. The van der Waals surface area contributed by atoms with Crippen LogP contribution < -0.4 is 4.90 Å². The second-order valence-corrected chi connectivity index (χ2v) is 5.08. The summed E-state index contributed by atoms with van der Waals surface area (Å²) in [6.45, 7) is 0.146. The Hall–Kier alpha value is -2.17. The molecule has 4 nitrogen and oxygen atoms in total. The molecule has 2 aromatic carbocycles. The number of hydrogen-bond donors (Lipinski definition) is 1. The predicted octanol–water partition coefficient (Wildman–Crippen LogP) is 2.76. The Morgan fingerprint density at radius 3 is 2.50 bits per heavy atom. The summed E-state index contributed by atoms with van der Waals surface area (Å²) in [5.74, 6) is -0.0282. The molecule has 0 saturated carbocycles. The lowest BCUT2D eigenvalue weighted by Gasteiger charge is -2.18. The summed E-state index contributed by atoms with van der Waals surface area (Å²) in [6, 6.07) is 15.3. The van der Waals surface area contributed by atoms with Gasteiger partial charge in [-0.05, 0) is 18.2 Å². The number of carbonyl (C=O) groups excluding carboxylic acids is 1. The fourth-order valence-electron chi connectivity index (χ4n) is 2.31. The van der Waals surface area contributed by atoms with Gasteiger partial charge in [-0.2, -0.15) is 0 Å². The van der Waals surface area contributed by atoms with E-state index in [9.17, 15) is 4.79 Å². The third-order valence-corrected chi connectivity index (χ3v) is 3.60. The molecule has 0 saturated heterocycles. The Morgan fingerprint density at radius 2 is 1.82 bits per heavy atom. The molecule has 0 spiro atoms. The second kappa shape index (κ2) is 7.20. The summed E-state index contributed by atoms with van der Waals surface area (Å²) in [6.07, 6.45) is 0. The Kier molecular flexibility index (Phi) is 5.31. The normalized spacial score (nSPS) is 13.5. The van der Waals surface area contributed by atoms with Crippen LogP contribution in [0.5, 0.6) is 0 Å². The van der Waals surface area contributed by atoms with Crippen molar-refractivity contribution in [3.05, 3.63) is 64.7 Å². The largest absolute Gasteiger partial charge is 0.400 e. The highest BCUT2D eigenvalue weighted by atomic mass is 35.5. The fraction of sp³-hybridized carbons (Fsp3) is 0.176. The van der Waals surface area contributed by atoms with Crippen molar-refractivity contribution >= 4 is 28.9 Å². The van der Waals surface area contributed by atoms with Crippen molar-refractivity contribution in [3.63, 3.8) is 0 Å². The first-order valence-corrected chi connectivity index (χ1v) is 7.15. The molecule has 5 heteroatoms. The van der Waals surface area contributed by atoms with Crippen LogP contribution in [0.1, 0.15) is 11.1 Å². The molecule has 2 aromatic rings. The van der Waals surface area contributed by atoms with E-state index < -0.39 is 0 Å². The number of aliphatic hydroxyl groups is 1. The molecule has 114 valence electrons. The second-order valence-electron chi connectivity index (χ2n) is 4.65. The van der Waals surface area contributed by atoms with Crippen molar-refractivity contribution in [3.8, 4) is 0 Å². The van der Waals surface area contributed by atoms with Gasteiger partial charge in [0, 0.05) is 30.3 Å². The monoisotopic (exact) mass is 316 g/mol. The number of rotatable bonds is 1. The molecule has 1 amide bonds. The standard InChI is InChI=1S/C16H13ClN2O.CH4O/c1-19-14-8-7-12(17)9-13(14)16(18-10-15(19)20)11-5-3-2-4-6-11;1-2/h2-9H,10H2,1H3;2H,1H3. The molecule has 1 N–H and O–H groups in total. The average Bonchev–Trinajstić information content (AvgIpc) is 2.68. The van der Waals surface area contributed by atoms with Crippen LogP contribution in [0.2, 0.25) is 5.02 Å². The zero-order valence-corrected chi connectivity index (χ0v) is 13.2. The van der Waals surface area contributed by atoms with E-state index in [0.29, 0.717) is 5.02 Å². The van der Waals surface area contributed by atoms with Gasteiger partial charge in [-0.1, -0.05) is 41.9 Å². The number of benzodiazepines with no additional fused rings is 1. The number of aliphatic hydroxyl groups excluding tert-OH is 1. The first-order chi connectivity index (χ1) is 10.7. The molecular formula is C17H17ClN2O2. The summed E-state index contributed by atoms with van der Waals surface area (Å²) in [5, 5.41) is 7.63. The van der Waals surface area contributed by atoms with E-state index >= 15 is 0 Å². The molecule has 0 radical (unpaired) electrons. The van der Waals surface area contributed by atoms with E-state index in [2.05, 4.69) is 4.99 Å². The molecule has 3 rings (SSSR count). The van der Waals surface area contributed by atoms with Crippen LogP contribution in [0, 0.1) is 0 Å². The highest BCUT2D eigenvalue weighted by Crippen LogP contribution is 2.28. The zero-order chi connectivity index (χ0) is 16.1. The van der Waals surface area contributed by atoms with Gasteiger partial charge in [-0.3, -0.25) is 9.79 Å². The van der Waals surface area contributed by atoms with Gasteiger partial charge in [0.1, 0.15) is 6.54 Å².